The van der Waals surface area contributed by atoms with E-state index in [1.807, 2.05) is 20.8 Å². The molecule has 0 aliphatic rings. The number of hydrogen-bond donors (Lipinski definition) is 0. The molecule has 0 rings (SSSR count). The zero-order valence-corrected chi connectivity index (χ0v) is 6.88. The van der Waals surface area contributed by atoms with Crippen molar-refractivity contribution < 1.29 is 14.6 Å². The summed E-state index contributed by atoms with van der Waals surface area (Å²) in [5.41, 5.74) is 0. The zero-order chi connectivity index (χ0) is 8.15. The Balaban J connectivity index is 3.39. The first-order valence-corrected chi connectivity index (χ1v) is 3.38. The highest BCUT2D eigenvalue weighted by atomic mass is 17.2. The molecule has 60 valence electrons. The fourth-order valence-electron chi connectivity index (χ4n) is 0.255. The van der Waals surface area contributed by atoms with E-state index in [9.17, 15) is 4.79 Å². The molecule has 0 fully saturated rings. The molecule has 0 spiro atoms. The molecular weight excluding hydrogens is 132 g/mol. The molecule has 0 heterocycles. The molecule has 0 amide bonds. The summed E-state index contributed by atoms with van der Waals surface area (Å²) in [6.45, 7) is 7.16. The van der Waals surface area contributed by atoms with E-state index >= 15 is 0 Å². The topological polar surface area (TPSA) is 35.5 Å². The highest BCUT2D eigenvalue weighted by Gasteiger charge is 2.09. The second-order valence-corrected chi connectivity index (χ2v) is 2.62. The highest BCUT2D eigenvalue weighted by Crippen LogP contribution is 2.04. The molecule has 0 aromatic heterocycles. The minimum atomic E-state index is -0.410. The molecule has 0 N–H and O–H groups in total. The van der Waals surface area contributed by atoms with Crippen LogP contribution in [0.3, 0.4) is 0 Å². The lowest BCUT2D eigenvalue weighted by Crippen LogP contribution is -2.17. The predicted octanol–water partition coefficient (Wildman–Crippen LogP) is 1.53. The number of carbonyl (C=O) groups excluding carboxylic acids is 1. The average molecular weight is 146 g/mol. The first-order valence-electron chi connectivity index (χ1n) is 3.38. The van der Waals surface area contributed by atoms with Gasteiger partial charge in [-0.25, -0.2) is 4.79 Å². The third kappa shape index (κ3) is 4.32. The van der Waals surface area contributed by atoms with Crippen LogP contribution in [0.1, 0.15) is 27.7 Å². The molecule has 0 aliphatic carbocycles. The van der Waals surface area contributed by atoms with Crippen LogP contribution in [-0.2, 0) is 14.6 Å². The molecule has 1 unspecified atom stereocenters. The second-order valence-electron chi connectivity index (χ2n) is 2.62. The lowest BCUT2D eigenvalue weighted by atomic mass is 10.1. The Morgan fingerprint density at radius 1 is 1.30 bits per heavy atom. The zero-order valence-electron chi connectivity index (χ0n) is 6.88. The normalized spacial score (nSPS) is 13.3. The van der Waals surface area contributed by atoms with Crippen LogP contribution < -0.4 is 0 Å². The predicted molar refractivity (Wildman–Crippen MR) is 37.2 cm³/mol. The van der Waals surface area contributed by atoms with Crippen molar-refractivity contribution in [1.82, 2.24) is 0 Å². The third-order valence-electron chi connectivity index (χ3n) is 1.26. The quantitative estimate of drug-likeness (QED) is 0.447. The van der Waals surface area contributed by atoms with Gasteiger partial charge in [-0.1, -0.05) is 13.8 Å². The van der Waals surface area contributed by atoms with Crippen LogP contribution in [0.15, 0.2) is 0 Å². The maximum Gasteiger partial charge on any atom is 0.339 e. The molecular formula is C7H14O3. The van der Waals surface area contributed by atoms with Gasteiger partial charge >= 0.3 is 5.97 Å². The summed E-state index contributed by atoms with van der Waals surface area (Å²) in [6.07, 6.45) is -0.0381. The van der Waals surface area contributed by atoms with Gasteiger partial charge in [-0.3, -0.25) is 4.89 Å². The summed E-state index contributed by atoms with van der Waals surface area (Å²) < 4.78 is 0. The Kier molecular flexibility index (Phi) is 4.03. The molecule has 3 heteroatoms. The summed E-state index contributed by atoms with van der Waals surface area (Å²) >= 11 is 0. The van der Waals surface area contributed by atoms with Gasteiger partial charge < -0.3 is 0 Å². The molecule has 0 saturated heterocycles. The largest absolute Gasteiger partial charge is 0.339 e. The third-order valence-corrected chi connectivity index (χ3v) is 1.26. The Hall–Kier alpha value is -0.570. The molecule has 0 bridgehead atoms. The van der Waals surface area contributed by atoms with E-state index in [0.717, 1.165) is 0 Å². The van der Waals surface area contributed by atoms with Crippen molar-refractivity contribution in [2.45, 2.75) is 33.8 Å². The molecule has 0 aromatic rings. The molecule has 10 heavy (non-hydrogen) atoms. The highest BCUT2D eigenvalue weighted by molar-refractivity contribution is 5.65. The van der Waals surface area contributed by atoms with Crippen LogP contribution in [0.5, 0.6) is 0 Å². The van der Waals surface area contributed by atoms with Crippen molar-refractivity contribution in [3.05, 3.63) is 0 Å². The summed E-state index contributed by atoms with van der Waals surface area (Å²) in [6, 6.07) is 0. The van der Waals surface area contributed by atoms with Gasteiger partial charge in [0.25, 0.3) is 0 Å². The van der Waals surface area contributed by atoms with Gasteiger partial charge in [0.05, 0.1) is 0 Å². The van der Waals surface area contributed by atoms with E-state index in [2.05, 4.69) is 4.89 Å². The minimum absolute atomic E-state index is 0.0381. The Labute approximate surface area is 61.2 Å². The van der Waals surface area contributed by atoms with Crippen LogP contribution in [0.25, 0.3) is 0 Å². The summed E-state index contributed by atoms with van der Waals surface area (Å²) in [4.78, 5) is 19.3. The number of hydrogen-bond acceptors (Lipinski definition) is 3. The molecule has 3 nitrogen and oxygen atoms in total. The fraction of sp³-hybridized carbons (Fsp3) is 0.857. The van der Waals surface area contributed by atoms with E-state index in [4.69, 9.17) is 4.89 Å². The lowest BCUT2D eigenvalue weighted by Gasteiger charge is -2.12. The van der Waals surface area contributed by atoms with Gasteiger partial charge in [0.2, 0.25) is 0 Å². The first kappa shape index (κ1) is 9.43. The van der Waals surface area contributed by atoms with E-state index in [-0.39, 0.29) is 6.10 Å². The van der Waals surface area contributed by atoms with E-state index in [1.165, 1.54) is 6.92 Å². The number of rotatable bonds is 3. The molecule has 1 atom stereocenters. The van der Waals surface area contributed by atoms with Crippen molar-refractivity contribution in [1.29, 1.82) is 0 Å². The maximum absolute atomic E-state index is 10.2. The Morgan fingerprint density at radius 2 is 1.80 bits per heavy atom. The molecule has 0 saturated carbocycles. The molecule has 0 radical (unpaired) electrons. The minimum Gasteiger partial charge on any atom is -0.298 e. The van der Waals surface area contributed by atoms with Crippen LogP contribution >= 0.6 is 0 Å². The maximum atomic E-state index is 10.2. The Morgan fingerprint density at radius 3 is 2.10 bits per heavy atom. The van der Waals surface area contributed by atoms with Crippen LogP contribution in [-0.4, -0.2) is 12.1 Å². The van der Waals surface area contributed by atoms with Gasteiger partial charge in [-0.2, -0.15) is 4.89 Å². The van der Waals surface area contributed by atoms with E-state index < -0.39 is 5.97 Å². The van der Waals surface area contributed by atoms with Crippen molar-refractivity contribution in [2.75, 3.05) is 0 Å². The first-order chi connectivity index (χ1) is 4.54. The van der Waals surface area contributed by atoms with Crippen LogP contribution in [0.2, 0.25) is 0 Å². The van der Waals surface area contributed by atoms with Gasteiger partial charge in [0.1, 0.15) is 6.10 Å². The van der Waals surface area contributed by atoms with Gasteiger partial charge in [0.15, 0.2) is 0 Å². The van der Waals surface area contributed by atoms with Crippen molar-refractivity contribution in [3.63, 3.8) is 0 Å². The van der Waals surface area contributed by atoms with Gasteiger partial charge in [-0.05, 0) is 12.8 Å². The van der Waals surface area contributed by atoms with E-state index in [0.29, 0.717) is 5.92 Å². The van der Waals surface area contributed by atoms with E-state index in [1.54, 1.807) is 0 Å². The summed E-state index contributed by atoms with van der Waals surface area (Å²) in [5.74, 6) is -0.0492. The smallest absolute Gasteiger partial charge is 0.298 e. The summed E-state index contributed by atoms with van der Waals surface area (Å²) in [5, 5.41) is 0. The second kappa shape index (κ2) is 4.28. The summed E-state index contributed by atoms with van der Waals surface area (Å²) in [7, 11) is 0. The number of carbonyl (C=O) groups is 1. The monoisotopic (exact) mass is 146 g/mol. The van der Waals surface area contributed by atoms with Gasteiger partial charge in [-0.15, -0.1) is 0 Å². The van der Waals surface area contributed by atoms with Crippen LogP contribution in [0.4, 0.5) is 0 Å². The van der Waals surface area contributed by atoms with Crippen LogP contribution in [0, 0.1) is 5.92 Å². The van der Waals surface area contributed by atoms with Crippen molar-refractivity contribution in [3.8, 4) is 0 Å². The standard InChI is InChI=1S/C7H14O3/c1-5(2)6(3)9-10-7(4)8/h5-6H,1-4H3. The van der Waals surface area contributed by atoms with Crippen molar-refractivity contribution >= 4 is 5.97 Å². The fourth-order valence-corrected chi connectivity index (χ4v) is 0.255. The SMILES string of the molecule is CC(=O)OOC(C)C(C)C. The van der Waals surface area contributed by atoms with Gasteiger partial charge in [0, 0.05) is 6.92 Å². The molecule has 0 aromatic carbocycles. The average Bonchev–Trinajstić information content (AvgIpc) is 1.82. The van der Waals surface area contributed by atoms with Crippen molar-refractivity contribution in [2.24, 2.45) is 5.92 Å². The lowest BCUT2D eigenvalue weighted by molar-refractivity contribution is -0.299. The Bertz CT molecular complexity index is 109. The molecule has 0 aliphatic heterocycles.